The van der Waals surface area contributed by atoms with Crippen LogP contribution in [0.1, 0.15) is 50.2 Å². The second kappa shape index (κ2) is 13.7. The summed E-state index contributed by atoms with van der Waals surface area (Å²) in [5.74, 6) is -0.105. The zero-order valence-electron chi connectivity index (χ0n) is 25.4. The van der Waals surface area contributed by atoms with E-state index in [0.29, 0.717) is 17.4 Å². The number of nitrogens with one attached hydrogen (secondary N) is 1. The van der Waals surface area contributed by atoms with Gasteiger partial charge in [-0.15, -0.1) is 21.5 Å². The predicted molar refractivity (Wildman–Crippen MR) is 177 cm³/mol. The number of hydrogen-bond acceptors (Lipinski definition) is 8. The molecule has 3 aromatic carbocycles. The number of nitrogens with zero attached hydrogens (tertiary/aromatic N) is 5. The molecule has 2 amide bonds. The molecule has 0 aliphatic carbocycles. The Morgan fingerprint density at radius 3 is 2.59 bits per heavy atom. The summed E-state index contributed by atoms with van der Waals surface area (Å²) in [6.07, 6.45) is 0.591. The molecule has 0 bridgehead atoms. The molecule has 0 unspecified atom stereocenters. The van der Waals surface area contributed by atoms with Crippen LogP contribution in [0, 0.1) is 19.7 Å². The molecule has 46 heavy (non-hydrogen) atoms. The lowest BCUT2D eigenvalue weighted by Crippen LogP contribution is -2.28. The second-order valence-corrected chi connectivity index (χ2v) is 12.6. The molecule has 1 atom stereocenters. The molecule has 2 aromatic heterocycles. The van der Waals surface area contributed by atoms with Gasteiger partial charge in [-0.2, -0.15) is 5.10 Å². The summed E-state index contributed by atoms with van der Waals surface area (Å²) < 4.78 is 21.4. The fourth-order valence-corrected chi connectivity index (χ4v) is 6.76. The van der Waals surface area contributed by atoms with E-state index >= 15 is 0 Å². The first kappa shape index (κ1) is 31.2. The number of amides is 2. The Hall–Kier alpha value is -4.81. The molecule has 0 spiro atoms. The number of hydrogen-bond donors (Lipinski definition) is 1. The molecule has 234 valence electrons. The van der Waals surface area contributed by atoms with E-state index < -0.39 is 11.7 Å². The molecule has 0 saturated heterocycles. The number of aromatic nitrogens is 3. The van der Waals surface area contributed by atoms with E-state index in [9.17, 15) is 14.0 Å². The molecule has 1 aliphatic rings. The average Bonchev–Trinajstić information content (AvgIpc) is 3.84. The van der Waals surface area contributed by atoms with Crippen molar-refractivity contribution in [2.24, 2.45) is 5.10 Å². The van der Waals surface area contributed by atoms with Crippen LogP contribution < -0.4 is 10.1 Å². The van der Waals surface area contributed by atoms with Crippen LogP contribution >= 0.6 is 23.1 Å². The summed E-state index contributed by atoms with van der Waals surface area (Å²) in [5, 5.41) is 20.4. The lowest BCUT2D eigenvalue weighted by atomic mass is 10.0. The van der Waals surface area contributed by atoms with E-state index in [0.717, 1.165) is 38.7 Å². The van der Waals surface area contributed by atoms with Crippen LogP contribution in [0.15, 0.2) is 94.5 Å². The predicted octanol–water partition coefficient (Wildman–Crippen LogP) is 6.49. The summed E-state index contributed by atoms with van der Waals surface area (Å²) in [6.45, 7) is 3.96. The van der Waals surface area contributed by atoms with E-state index in [-0.39, 0.29) is 29.8 Å². The molecule has 1 N–H and O–H groups in total. The zero-order chi connectivity index (χ0) is 32.2. The topological polar surface area (TPSA) is 102 Å². The fourth-order valence-electron chi connectivity index (χ4n) is 5.22. The van der Waals surface area contributed by atoms with Gasteiger partial charge in [-0.1, -0.05) is 54.2 Å². The third-order valence-corrected chi connectivity index (χ3v) is 9.46. The Morgan fingerprint density at radius 1 is 1.04 bits per heavy atom. The molecule has 0 saturated carbocycles. The highest BCUT2D eigenvalue weighted by atomic mass is 32.2. The number of halogens is 1. The van der Waals surface area contributed by atoms with E-state index in [1.54, 1.807) is 29.5 Å². The van der Waals surface area contributed by atoms with Crippen LogP contribution in [0.25, 0.3) is 5.69 Å². The summed E-state index contributed by atoms with van der Waals surface area (Å²) in [5.41, 5.74) is 4.58. The van der Waals surface area contributed by atoms with Crippen LogP contribution in [0.2, 0.25) is 0 Å². The van der Waals surface area contributed by atoms with Gasteiger partial charge in [-0.3, -0.25) is 14.2 Å². The number of rotatable bonds is 10. The standard InChI is InChI=1S/C34H31FN6O3S2/c1-21-10-11-22(2)28(17-21)40-31(19-36-33(43)25-7-4-5-8-26(25)35)37-38-34(40)46-20-32(42)41-29(23-12-14-24(44-3)15-13-23)18-27(39-41)30-9-6-16-45-30/h4-17,29H,18-20H2,1-3H3,(H,36,43)/t29-/m0/s1. The normalized spacial score (nSPS) is 14.3. The smallest absolute Gasteiger partial charge is 0.254 e. The van der Waals surface area contributed by atoms with Gasteiger partial charge in [0.1, 0.15) is 11.6 Å². The van der Waals surface area contributed by atoms with Crippen molar-refractivity contribution >= 4 is 40.6 Å². The molecule has 0 radical (unpaired) electrons. The van der Waals surface area contributed by atoms with Gasteiger partial charge in [0.15, 0.2) is 11.0 Å². The minimum atomic E-state index is -0.606. The minimum Gasteiger partial charge on any atom is -0.497 e. The van der Waals surface area contributed by atoms with Crippen LogP contribution in [0.4, 0.5) is 4.39 Å². The third-order valence-electron chi connectivity index (χ3n) is 7.63. The van der Waals surface area contributed by atoms with E-state index in [2.05, 4.69) is 15.5 Å². The van der Waals surface area contributed by atoms with Crippen molar-refractivity contribution in [2.45, 2.75) is 38.0 Å². The lowest BCUT2D eigenvalue weighted by Gasteiger charge is -2.22. The molecular formula is C34H31FN6O3S2. The molecular weight excluding hydrogens is 624 g/mol. The molecule has 5 aromatic rings. The Labute approximate surface area is 274 Å². The Kier molecular flexibility index (Phi) is 9.27. The summed E-state index contributed by atoms with van der Waals surface area (Å²) in [6, 6.07) is 23.2. The molecule has 6 rings (SSSR count). The van der Waals surface area contributed by atoms with Gasteiger partial charge in [-0.05, 0) is 72.3 Å². The average molecular weight is 655 g/mol. The van der Waals surface area contributed by atoms with Crippen molar-refractivity contribution in [1.29, 1.82) is 0 Å². The van der Waals surface area contributed by atoms with Crippen molar-refractivity contribution in [3.8, 4) is 11.4 Å². The number of benzene rings is 3. The maximum Gasteiger partial charge on any atom is 0.254 e. The maximum atomic E-state index is 14.2. The highest BCUT2D eigenvalue weighted by Gasteiger charge is 2.34. The number of thiophene rings is 1. The van der Waals surface area contributed by atoms with Crippen LogP contribution in [-0.4, -0.2) is 50.2 Å². The summed E-state index contributed by atoms with van der Waals surface area (Å²) in [7, 11) is 1.62. The number of carbonyl (C=O) groups is 2. The highest BCUT2D eigenvalue weighted by Crippen LogP contribution is 2.35. The van der Waals surface area contributed by atoms with E-state index in [4.69, 9.17) is 9.84 Å². The van der Waals surface area contributed by atoms with Gasteiger partial charge in [0, 0.05) is 6.42 Å². The lowest BCUT2D eigenvalue weighted by molar-refractivity contribution is -0.130. The van der Waals surface area contributed by atoms with Gasteiger partial charge in [0.2, 0.25) is 0 Å². The van der Waals surface area contributed by atoms with E-state index in [1.807, 2.05) is 78.4 Å². The monoisotopic (exact) mass is 654 g/mol. The maximum absolute atomic E-state index is 14.2. The molecule has 0 fully saturated rings. The Balaban J connectivity index is 1.26. The molecule has 1 aliphatic heterocycles. The fraction of sp³-hybridized carbons (Fsp3) is 0.206. The summed E-state index contributed by atoms with van der Waals surface area (Å²) in [4.78, 5) is 27.7. The van der Waals surface area contributed by atoms with Crippen molar-refractivity contribution in [3.63, 3.8) is 0 Å². The van der Waals surface area contributed by atoms with Crippen molar-refractivity contribution < 1.29 is 18.7 Å². The largest absolute Gasteiger partial charge is 0.497 e. The number of carbonyl (C=O) groups excluding carboxylic acids is 2. The minimum absolute atomic E-state index is 0.00217. The SMILES string of the molecule is COc1ccc([C@@H]2CC(c3cccs3)=NN2C(=O)CSc2nnc(CNC(=O)c3ccccc3F)n2-c2cc(C)ccc2C)cc1. The van der Waals surface area contributed by atoms with Gasteiger partial charge in [-0.25, -0.2) is 9.40 Å². The summed E-state index contributed by atoms with van der Waals surface area (Å²) >= 11 is 2.84. The van der Waals surface area contributed by atoms with Crippen molar-refractivity contribution in [3.05, 3.63) is 123 Å². The van der Waals surface area contributed by atoms with Crippen LogP contribution in [-0.2, 0) is 11.3 Å². The van der Waals surface area contributed by atoms with Gasteiger partial charge < -0.3 is 10.1 Å². The highest BCUT2D eigenvalue weighted by molar-refractivity contribution is 7.99. The van der Waals surface area contributed by atoms with Gasteiger partial charge >= 0.3 is 0 Å². The third kappa shape index (κ3) is 6.58. The van der Waals surface area contributed by atoms with Crippen molar-refractivity contribution in [1.82, 2.24) is 25.1 Å². The number of thioether (sulfide) groups is 1. The van der Waals surface area contributed by atoms with Crippen molar-refractivity contribution in [2.75, 3.05) is 12.9 Å². The molecule has 9 nitrogen and oxygen atoms in total. The number of ether oxygens (including phenoxy) is 1. The zero-order valence-corrected chi connectivity index (χ0v) is 27.1. The first-order valence-corrected chi connectivity index (χ1v) is 16.4. The second-order valence-electron chi connectivity index (χ2n) is 10.7. The molecule has 3 heterocycles. The Morgan fingerprint density at radius 2 is 1.85 bits per heavy atom. The molecule has 12 heteroatoms. The number of hydrazone groups is 1. The van der Waals surface area contributed by atoms with E-state index in [1.165, 1.54) is 30.0 Å². The Bertz CT molecular complexity index is 1910. The van der Waals surface area contributed by atoms with Gasteiger partial charge in [0.05, 0.1) is 47.3 Å². The van der Waals surface area contributed by atoms with Crippen LogP contribution in [0.3, 0.4) is 0 Å². The number of aryl methyl sites for hydroxylation is 2. The first-order valence-electron chi connectivity index (χ1n) is 14.6. The van der Waals surface area contributed by atoms with Crippen LogP contribution in [0.5, 0.6) is 5.75 Å². The number of methoxy groups -OCH3 is 1. The first-order chi connectivity index (χ1) is 22.3. The van der Waals surface area contributed by atoms with Gasteiger partial charge in [0.25, 0.3) is 11.8 Å². The quantitative estimate of drug-likeness (QED) is 0.173.